The number of rotatable bonds is 2. The number of likely N-dealkylation sites (tertiary alicyclic amines) is 1. The topological polar surface area (TPSA) is 82.2 Å². The molecule has 0 spiro atoms. The fourth-order valence-corrected chi connectivity index (χ4v) is 1.86. The van der Waals surface area contributed by atoms with Crippen LogP contribution in [0.1, 0.15) is 26.2 Å². The van der Waals surface area contributed by atoms with Crippen molar-refractivity contribution >= 4 is 11.9 Å². The highest BCUT2D eigenvalue weighted by Crippen LogP contribution is 2.16. The molecule has 0 aromatic carbocycles. The van der Waals surface area contributed by atoms with E-state index in [9.17, 15) is 4.79 Å². The highest BCUT2D eigenvalue weighted by Gasteiger charge is 2.23. The van der Waals surface area contributed by atoms with E-state index < -0.39 is 0 Å². The average Bonchev–Trinajstić information content (AvgIpc) is 2.15. The van der Waals surface area contributed by atoms with E-state index in [-0.39, 0.29) is 17.9 Å². The fourth-order valence-electron chi connectivity index (χ4n) is 1.86. The van der Waals surface area contributed by atoms with Gasteiger partial charge in [0, 0.05) is 26.1 Å². The molecule has 1 rings (SSSR count). The maximum absolute atomic E-state index is 11.3. The first kappa shape index (κ1) is 10.8. The molecule has 1 aliphatic rings. The molecule has 1 heterocycles. The summed E-state index contributed by atoms with van der Waals surface area (Å²) in [5.41, 5.74) is 5.20. The van der Waals surface area contributed by atoms with E-state index in [4.69, 9.17) is 11.1 Å². The summed E-state index contributed by atoms with van der Waals surface area (Å²) in [4.78, 5) is 13.1. The van der Waals surface area contributed by atoms with Crippen molar-refractivity contribution < 1.29 is 4.79 Å². The van der Waals surface area contributed by atoms with Gasteiger partial charge in [0.1, 0.15) is 0 Å². The zero-order valence-corrected chi connectivity index (χ0v) is 8.55. The van der Waals surface area contributed by atoms with Crippen LogP contribution in [0.5, 0.6) is 0 Å². The van der Waals surface area contributed by atoms with E-state index in [0.717, 1.165) is 25.8 Å². The predicted octanol–water partition coefficient (Wildman–Crippen LogP) is -0.130. The maximum atomic E-state index is 11.3. The van der Waals surface area contributed by atoms with Crippen LogP contribution in [0, 0.1) is 5.41 Å². The third kappa shape index (κ3) is 2.90. The molecule has 5 heteroatoms. The van der Waals surface area contributed by atoms with E-state index in [1.807, 2.05) is 4.90 Å². The zero-order valence-electron chi connectivity index (χ0n) is 8.55. The molecular weight excluding hydrogens is 180 g/mol. The van der Waals surface area contributed by atoms with Crippen molar-refractivity contribution in [1.29, 1.82) is 5.41 Å². The van der Waals surface area contributed by atoms with Crippen molar-refractivity contribution in [2.75, 3.05) is 13.1 Å². The first-order chi connectivity index (χ1) is 6.61. The van der Waals surface area contributed by atoms with Crippen LogP contribution in [0.15, 0.2) is 0 Å². The minimum Gasteiger partial charge on any atom is -0.370 e. The number of amides is 1. The van der Waals surface area contributed by atoms with Crippen LogP contribution < -0.4 is 11.1 Å². The van der Waals surface area contributed by atoms with Crippen molar-refractivity contribution in [2.24, 2.45) is 5.73 Å². The van der Waals surface area contributed by atoms with Gasteiger partial charge in [-0.25, -0.2) is 0 Å². The number of guanidine groups is 1. The average molecular weight is 198 g/mol. The van der Waals surface area contributed by atoms with Crippen LogP contribution in [-0.4, -0.2) is 35.9 Å². The Balaban J connectivity index is 2.45. The second kappa shape index (κ2) is 4.83. The Kier molecular flexibility index (Phi) is 3.73. The molecule has 1 unspecified atom stereocenters. The van der Waals surface area contributed by atoms with Crippen LogP contribution in [0.2, 0.25) is 0 Å². The predicted molar refractivity (Wildman–Crippen MR) is 54.9 cm³/mol. The molecule has 80 valence electrons. The minimum absolute atomic E-state index is 0.0286. The summed E-state index contributed by atoms with van der Waals surface area (Å²) in [6, 6.07) is 0.199. The van der Waals surface area contributed by atoms with Crippen molar-refractivity contribution in [2.45, 2.75) is 32.2 Å². The molecular formula is C9H18N4O. The van der Waals surface area contributed by atoms with Gasteiger partial charge >= 0.3 is 0 Å². The quantitative estimate of drug-likeness (QED) is 0.427. The van der Waals surface area contributed by atoms with E-state index in [0.29, 0.717) is 6.54 Å². The van der Waals surface area contributed by atoms with Gasteiger partial charge in [-0.3, -0.25) is 10.2 Å². The first-order valence-electron chi connectivity index (χ1n) is 4.96. The van der Waals surface area contributed by atoms with Crippen molar-refractivity contribution in [3.05, 3.63) is 0 Å². The summed E-state index contributed by atoms with van der Waals surface area (Å²) < 4.78 is 0. The second-order valence-electron chi connectivity index (χ2n) is 3.66. The summed E-state index contributed by atoms with van der Waals surface area (Å²) in [6.45, 7) is 3.01. The number of piperidine rings is 1. The van der Waals surface area contributed by atoms with Gasteiger partial charge in [0.05, 0.1) is 0 Å². The molecule has 1 amide bonds. The SMILES string of the molecule is CC(=O)N1CCCCC1CNC(=N)N. The van der Waals surface area contributed by atoms with Crippen molar-refractivity contribution in [1.82, 2.24) is 10.2 Å². The lowest BCUT2D eigenvalue weighted by molar-refractivity contribution is -0.132. The van der Waals surface area contributed by atoms with Gasteiger partial charge in [-0.1, -0.05) is 0 Å². The summed E-state index contributed by atoms with van der Waals surface area (Å²) in [5.74, 6) is 0.0825. The normalized spacial score (nSPS) is 21.8. The Morgan fingerprint density at radius 2 is 2.36 bits per heavy atom. The Hall–Kier alpha value is -1.26. The summed E-state index contributed by atoms with van der Waals surface area (Å²) in [5, 5.41) is 9.82. The Morgan fingerprint density at radius 1 is 1.64 bits per heavy atom. The van der Waals surface area contributed by atoms with Crippen molar-refractivity contribution in [3.63, 3.8) is 0 Å². The smallest absolute Gasteiger partial charge is 0.219 e. The summed E-state index contributed by atoms with van der Waals surface area (Å²) in [6.07, 6.45) is 3.23. The summed E-state index contributed by atoms with van der Waals surface area (Å²) in [7, 11) is 0. The number of nitrogens with zero attached hydrogens (tertiary/aromatic N) is 1. The fraction of sp³-hybridized carbons (Fsp3) is 0.778. The molecule has 1 aliphatic heterocycles. The number of hydrogen-bond acceptors (Lipinski definition) is 2. The van der Waals surface area contributed by atoms with Gasteiger partial charge in [-0.05, 0) is 19.3 Å². The zero-order chi connectivity index (χ0) is 10.6. The molecule has 0 bridgehead atoms. The van der Waals surface area contributed by atoms with Gasteiger partial charge < -0.3 is 16.0 Å². The Morgan fingerprint density at radius 3 is 2.93 bits per heavy atom. The standard InChI is InChI=1S/C9H18N4O/c1-7(14)13-5-3-2-4-8(13)6-12-9(10)11/h8H,2-6H2,1H3,(H4,10,11,12). The van der Waals surface area contributed by atoms with Crippen molar-refractivity contribution in [3.8, 4) is 0 Å². The number of hydrogen-bond donors (Lipinski definition) is 3. The van der Waals surface area contributed by atoms with E-state index in [2.05, 4.69) is 5.32 Å². The number of carbonyl (C=O) groups excluding carboxylic acids is 1. The highest BCUT2D eigenvalue weighted by atomic mass is 16.2. The third-order valence-corrected chi connectivity index (χ3v) is 2.56. The third-order valence-electron chi connectivity index (χ3n) is 2.56. The number of nitrogens with one attached hydrogen (secondary N) is 2. The first-order valence-corrected chi connectivity index (χ1v) is 4.96. The van der Waals surface area contributed by atoms with Crippen LogP contribution in [0.4, 0.5) is 0 Å². The Labute approximate surface area is 84.1 Å². The number of carbonyl (C=O) groups is 1. The molecule has 5 nitrogen and oxygen atoms in total. The molecule has 0 radical (unpaired) electrons. The molecule has 1 fully saturated rings. The van der Waals surface area contributed by atoms with Crippen LogP contribution in [-0.2, 0) is 4.79 Å². The Bertz CT molecular complexity index is 229. The molecule has 0 aliphatic carbocycles. The largest absolute Gasteiger partial charge is 0.370 e. The molecule has 0 aromatic rings. The lowest BCUT2D eigenvalue weighted by atomic mass is 10.0. The summed E-state index contributed by atoms with van der Waals surface area (Å²) >= 11 is 0. The van der Waals surface area contributed by atoms with Crippen LogP contribution in [0.3, 0.4) is 0 Å². The lowest BCUT2D eigenvalue weighted by Gasteiger charge is -2.35. The van der Waals surface area contributed by atoms with Gasteiger partial charge in [0.2, 0.25) is 5.91 Å². The molecule has 1 atom stereocenters. The monoisotopic (exact) mass is 198 g/mol. The molecule has 4 N–H and O–H groups in total. The van der Waals surface area contributed by atoms with Gasteiger partial charge in [-0.15, -0.1) is 0 Å². The van der Waals surface area contributed by atoms with Crippen LogP contribution >= 0.6 is 0 Å². The second-order valence-corrected chi connectivity index (χ2v) is 3.66. The van der Waals surface area contributed by atoms with E-state index in [1.54, 1.807) is 6.92 Å². The molecule has 14 heavy (non-hydrogen) atoms. The molecule has 0 saturated carbocycles. The van der Waals surface area contributed by atoms with Gasteiger partial charge in [-0.2, -0.15) is 0 Å². The van der Waals surface area contributed by atoms with Gasteiger partial charge in [0.25, 0.3) is 0 Å². The maximum Gasteiger partial charge on any atom is 0.219 e. The number of nitrogens with two attached hydrogens (primary N) is 1. The minimum atomic E-state index is -0.0286. The lowest BCUT2D eigenvalue weighted by Crippen LogP contribution is -2.49. The van der Waals surface area contributed by atoms with Crippen LogP contribution in [0.25, 0.3) is 0 Å². The van der Waals surface area contributed by atoms with E-state index >= 15 is 0 Å². The van der Waals surface area contributed by atoms with E-state index in [1.165, 1.54) is 0 Å². The molecule has 0 aromatic heterocycles. The highest BCUT2D eigenvalue weighted by molar-refractivity contribution is 5.75. The van der Waals surface area contributed by atoms with Gasteiger partial charge in [0.15, 0.2) is 5.96 Å². The molecule has 1 saturated heterocycles.